The van der Waals surface area contributed by atoms with Crippen molar-refractivity contribution in [3.05, 3.63) is 33.8 Å². The largest absolute Gasteiger partial charge is 0.493 e. The molecular weight excluding hydrogens is 394 g/mol. The molecule has 0 saturated heterocycles. The third-order valence-corrected chi connectivity index (χ3v) is 5.45. The first-order valence-corrected chi connectivity index (χ1v) is 9.99. The molecule has 0 atom stereocenters. The highest BCUT2D eigenvalue weighted by atomic mass is 32.1. The van der Waals surface area contributed by atoms with Crippen LogP contribution in [0.25, 0.3) is 10.9 Å². The second-order valence-corrected chi connectivity index (χ2v) is 7.73. The zero-order valence-corrected chi connectivity index (χ0v) is 17.6. The topological polar surface area (TPSA) is 108 Å². The Labute approximate surface area is 171 Å². The molecule has 9 nitrogen and oxygen atoms in total. The number of hydrogen-bond acceptors (Lipinski definition) is 8. The fraction of sp³-hybridized carbons (Fsp3) is 0.421. The molecule has 154 valence electrons. The summed E-state index contributed by atoms with van der Waals surface area (Å²) in [5, 5.41) is 12.6. The number of rotatable bonds is 8. The lowest BCUT2D eigenvalue weighted by atomic mass is 10.2. The van der Waals surface area contributed by atoms with Crippen LogP contribution in [0.15, 0.2) is 23.3 Å². The van der Waals surface area contributed by atoms with E-state index >= 15 is 0 Å². The number of benzene rings is 1. The number of aromatic nitrogens is 4. The van der Waals surface area contributed by atoms with Gasteiger partial charge in [0.15, 0.2) is 11.5 Å². The lowest BCUT2D eigenvalue weighted by molar-refractivity contribution is -0.116. The Hall–Kier alpha value is -3.01. The molecule has 0 aliphatic rings. The van der Waals surface area contributed by atoms with Crippen LogP contribution in [-0.2, 0) is 11.3 Å². The number of aryl methyl sites for hydroxylation is 1. The van der Waals surface area contributed by atoms with Gasteiger partial charge in [-0.15, -0.1) is 10.2 Å². The predicted molar refractivity (Wildman–Crippen MR) is 111 cm³/mol. The van der Waals surface area contributed by atoms with Crippen molar-refractivity contribution in [2.75, 3.05) is 19.5 Å². The number of methoxy groups -OCH3 is 2. The molecule has 0 aliphatic heterocycles. The standard InChI is InChI=1S/C19H23N5O4S/c1-11(2)17-22-23-19(29-17)21-16(25)6-5-7-24-10-20-13-9-15(28-4)14(27-3)8-12(13)18(24)26/h8-11H,5-7H2,1-4H3,(H,21,23,25). The molecule has 1 N–H and O–H groups in total. The summed E-state index contributed by atoms with van der Waals surface area (Å²) >= 11 is 1.37. The summed E-state index contributed by atoms with van der Waals surface area (Å²) in [6, 6.07) is 3.29. The summed E-state index contributed by atoms with van der Waals surface area (Å²) in [5.41, 5.74) is 0.334. The number of nitrogens with one attached hydrogen (secondary N) is 1. The molecule has 0 saturated carbocycles. The maximum Gasteiger partial charge on any atom is 0.261 e. The Kier molecular flexibility index (Phi) is 6.42. The van der Waals surface area contributed by atoms with E-state index in [2.05, 4.69) is 20.5 Å². The number of hydrogen-bond donors (Lipinski definition) is 1. The predicted octanol–water partition coefficient (Wildman–Crippen LogP) is 2.81. The van der Waals surface area contributed by atoms with Crippen molar-refractivity contribution in [1.29, 1.82) is 0 Å². The van der Waals surface area contributed by atoms with Gasteiger partial charge in [0.1, 0.15) is 5.01 Å². The number of amides is 1. The van der Waals surface area contributed by atoms with Gasteiger partial charge < -0.3 is 14.8 Å². The van der Waals surface area contributed by atoms with Crippen molar-refractivity contribution in [3.8, 4) is 11.5 Å². The van der Waals surface area contributed by atoms with Crippen LogP contribution < -0.4 is 20.3 Å². The van der Waals surface area contributed by atoms with E-state index in [0.717, 1.165) is 5.01 Å². The molecule has 0 fully saturated rings. The van der Waals surface area contributed by atoms with E-state index in [1.54, 1.807) is 12.1 Å². The summed E-state index contributed by atoms with van der Waals surface area (Å²) in [5.74, 6) is 1.08. The highest BCUT2D eigenvalue weighted by molar-refractivity contribution is 7.15. The van der Waals surface area contributed by atoms with Crippen LogP contribution in [0.1, 0.15) is 37.6 Å². The Balaban J connectivity index is 1.64. The smallest absolute Gasteiger partial charge is 0.261 e. The van der Waals surface area contributed by atoms with Gasteiger partial charge in [0.2, 0.25) is 11.0 Å². The van der Waals surface area contributed by atoms with Crippen LogP contribution in [-0.4, -0.2) is 39.9 Å². The molecule has 1 aromatic carbocycles. The van der Waals surface area contributed by atoms with Crippen molar-refractivity contribution in [1.82, 2.24) is 19.7 Å². The number of nitrogens with zero attached hydrogens (tertiary/aromatic N) is 4. The number of carbonyl (C=O) groups is 1. The van der Waals surface area contributed by atoms with Crippen molar-refractivity contribution in [3.63, 3.8) is 0 Å². The summed E-state index contributed by atoms with van der Waals surface area (Å²) < 4.78 is 12.0. The fourth-order valence-corrected chi connectivity index (χ4v) is 3.52. The summed E-state index contributed by atoms with van der Waals surface area (Å²) in [6.45, 7) is 4.41. The number of fused-ring (bicyclic) bond motifs is 1. The minimum absolute atomic E-state index is 0.162. The van der Waals surface area contributed by atoms with E-state index in [1.807, 2.05) is 13.8 Å². The number of carbonyl (C=O) groups excluding carboxylic acids is 1. The van der Waals surface area contributed by atoms with Gasteiger partial charge in [-0.25, -0.2) is 4.98 Å². The lowest BCUT2D eigenvalue weighted by Crippen LogP contribution is -2.22. The maximum absolute atomic E-state index is 12.7. The van der Waals surface area contributed by atoms with E-state index in [9.17, 15) is 9.59 Å². The lowest BCUT2D eigenvalue weighted by Gasteiger charge is -2.10. The van der Waals surface area contributed by atoms with Gasteiger partial charge in [-0.3, -0.25) is 14.2 Å². The molecule has 2 heterocycles. The third-order valence-electron chi connectivity index (χ3n) is 4.31. The highest BCUT2D eigenvalue weighted by Gasteiger charge is 2.13. The highest BCUT2D eigenvalue weighted by Crippen LogP contribution is 2.29. The van der Waals surface area contributed by atoms with Gasteiger partial charge in [-0.2, -0.15) is 0 Å². The normalized spacial score (nSPS) is 11.1. The Bertz CT molecular complexity index is 1080. The van der Waals surface area contributed by atoms with Crippen LogP contribution in [0, 0.1) is 0 Å². The van der Waals surface area contributed by atoms with E-state index in [4.69, 9.17) is 9.47 Å². The SMILES string of the molecule is COc1cc2ncn(CCCC(=O)Nc3nnc(C(C)C)s3)c(=O)c2cc1OC. The van der Waals surface area contributed by atoms with Gasteiger partial charge >= 0.3 is 0 Å². The van der Waals surface area contributed by atoms with Crippen molar-refractivity contribution >= 4 is 33.3 Å². The quantitative estimate of drug-likeness (QED) is 0.600. The average molecular weight is 417 g/mol. The van der Waals surface area contributed by atoms with Crippen LogP contribution >= 0.6 is 11.3 Å². The van der Waals surface area contributed by atoms with Gasteiger partial charge in [0.05, 0.1) is 31.4 Å². The summed E-state index contributed by atoms with van der Waals surface area (Å²) in [6.07, 6.45) is 2.23. The van der Waals surface area contributed by atoms with Crippen LogP contribution in [0.2, 0.25) is 0 Å². The second kappa shape index (κ2) is 8.99. The summed E-state index contributed by atoms with van der Waals surface area (Å²) in [4.78, 5) is 29.2. The fourth-order valence-electron chi connectivity index (χ4n) is 2.75. The minimum Gasteiger partial charge on any atom is -0.493 e. The summed E-state index contributed by atoms with van der Waals surface area (Å²) in [7, 11) is 3.04. The number of ether oxygens (including phenoxy) is 2. The monoisotopic (exact) mass is 417 g/mol. The van der Waals surface area contributed by atoms with Crippen molar-refractivity contribution in [2.24, 2.45) is 0 Å². The van der Waals surface area contributed by atoms with Crippen molar-refractivity contribution < 1.29 is 14.3 Å². The Morgan fingerprint density at radius 3 is 2.59 bits per heavy atom. The van der Waals surface area contributed by atoms with E-state index in [-0.39, 0.29) is 23.8 Å². The molecule has 10 heteroatoms. The first-order chi connectivity index (χ1) is 13.9. The Morgan fingerprint density at radius 2 is 1.93 bits per heavy atom. The molecule has 0 radical (unpaired) electrons. The van der Waals surface area contributed by atoms with E-state index < -0.39 is 0 Å². The molecular formula is C19H23N5O4S. The molecule has 3 rings (SSSR count). The molecule has 29 heavy (non-hydrogen) atoms. The second-order valence-electron chi connectivity index (χ2n) is 6.72. The Morgan fingerprint density at radius 1 is 1.21 bits per heavy atom. The van der Waals surface area contributed by atoms with E-state index in [0.29, 0.717) is 40.5 Å². The molecule has 2 aromatic heterocycles. The molecule has 0 aliphatic carbocycles. The maximum atomic E-state index is 12.7. The van der Waals surface area contributed by atoms with Crippen LogP contribution in [0.5, 0.6) is 11.5 Å². The van der Waals surface area contributed by atoms with Crippen molar-refractivity contribution in [2.45, 2.75) is 39.2 Å². The van der Waals surface area contributed by atoms with Gasteiger partial charge in [0, 0.05) is 24.9 Å². The van der Waals surface area contributed by atoms with Crippen LogP contribution in [0.3, 0.4) is 0 Å². The molecule has 0 bridgehead atoms. The molecule has 0 unspecified atom stereocenters. The van der Waals surface area contributed by atoms with Crippen LogP contribution in [0.4, 0.5) is 5.13 Å². The minimum atomic E-state index is -0.193. The van der Waals surface area contributed by atoms with Gasteiger partial charge in [-0.1, -0.05) is 25.2 Å². The van der Waals surface area contributed by atoms with E-state index in [1.165, 1.54) is 36.5 Å². The first-order valence-electron chi connectivity index (χ1n) is 9.17. The molecule has 0 spiro atoms. The number of anilines is 1. The zero-order chi connectivity index (χ0) is 21.0. The third kappa shape index (κ3) is 4.70. The van der Waals surface area contributed by atoms with Gasteiger partial charge in [-0.05, 0) is 12.5 Å². The molecule has 3 aromatic rings. The molecule has 1 amide bonds. The zero-order valence-electron chi connectivity index (χ0n) is 16.8. The first kappa shape index (κ1) is 20.7. The average Bonchev–Trinajstić information content (AvgIpc) is 3.17. The van der Waals surface area contributed by atoms with Gasteiger partial charge in [0.25, 0.3) is 5.56 Å².